The monoisotopic (exact) mass is 254 g/mol. The predicted molar refractivity (Wildman–Crippen MR) is 55.4 cm³/mol. The van der Waals surface area contributed by atoms with E-state index in [9.17, 15) is 13.2 Å². The van der Waals surface area contributed by atoms with Gasteiger partial charge in [0.15, 0.2) is 0 Å². The zero-order valence-electron chi connectivity index (χ0n) is 8.93. The van der Waals surface area contributed by atoms with E-state index in [2.05, 4.69) is 20.5 Å². The lowest BCUT2D eigenvalue weighted by Crippen LogP contribution is -2.32. The third kappa shape index (κ3) is 5.36. The normalized spacial score (nSPS) is 14.1. The van der Waals surface area contributed by atoms with E-state index in [1.54, 1.807) is 6.92 Å². The fourth-order valence-corrected chi connectivity index (χ4v) is 1.86. The Morgan fingerprint density at radius 3 is 2.69 bits per heavy atom. The molecule has 1 aromatic heterocycles. The van der Waals surface area contributed by atoms with Crippen molar-refractivity contribution in [2.24, 2.45) is 0 Å². The second-order valence-corrected chi connectivity index (χ2v) is 4.78. The quantitative estimate of drug-likeness (QED) is 0.786. The lowest BCUT2D eigenvalue weighted by Gasteiger charge is -2.11. The van der Waals surface area contributed by atoms with Gasteiger partial charge in [-0.05, 0) is 6.92 Å². The summed E-state index contributed by atoms with van der Waals surface area (Å²) in [5, 5.41) is 9.44. The molecule has 4 nitrogen and oxygen atoms in total. The van der Waals surface area contributed by atoms with Gasteiger partial charge in [0, 0.05) is 11.8 Å². The van der Waals surface area contributed by atoms with Crippen LogP contribution in [0.5, 0.6) is 0 Å². The first-order valence-corrected chi connectivity index (χ1v) is 5.58. The van der Waals surface area contributed by atoms with Crippen LogP contribution in [0.4, 0.5) is 13.2 Å². The molecule has 2 N–H and O–H groups in total. The molecule has 0 aliphatic rings. The zero-order chi connectivity index (χ0) is 12.2. The van der Waals surface area contributed by atoms with Crippen LogP contribution in [-0.2, 0) is 0 Å². The highest BCUT2D eigenvalue weighted by molar-refractivity contribution is 7.99. The molecule has 1 atom stereocenters. The molecular formula is C8H13F3N4S. The smallest absolute Gasteiger partial charge is 0.308 e. The molecule has 1 unspecified atom stereocenters. The van der Waals surface area contributed by atoms with Gasteiger partial charge in [-0.25, -0.2) is 4.98 Å². The molecule has 0 saturated carbocycles. The summed E-state index contributed by atoms with van der Waals surface area (Å²) in [7, 11) is 0. The maximum absolute atomic E-state index is 11.8. The lowest BCUT2D eigenvalue weighted by atomic mass is 10.4. The first kappa shape index (κ1) is 13.3. The number of nitrogens with zero attached hydrogens (tertiary/aromatic N) is 2. The first-order chi connectivity index (χ1) is 7.37. The highest BCUT2D eigenvalue weighted by atomic mass is 32.2. The highest BCUT2D eigenvalue weighted by Crippen LogP contribution is 2.18. The number of hydrogen-bond donors (Lipinski definition) is 2. The van der Waals surface area contributed by atoms with E-state index in [0.29, 0.717) is 11.0 Å². The van der Waals surface area contributed by atoms with E-state index in [4.69, 9.17) is 0 Å². The van der Waals surface area contributed by atoms with Gasteiger partial charge in [-0.15, -0.1) is 5.10 Å². The van der Waals surface area contributed by atoms with Crippen molar-refractivity contribution >= 4 is 11.8 Å². The van der Waals surface area contributed by atoms with Crippen LogP contribution in [0.25, 0.3) is 0 Å². The maximum Gasteiger partial charge on any atom is 0.401 e. The Kier molecular flexibility index (Phi) is 4.60. The van der Waals surface area contributed by atoms with E-state index in [1.165, 1.54) is 11.8 Å². The molecule has 8 heteroatoms. The number of nitrogens with one attached hydrogen (secondary N) is 2. The van der Waals surface area contributed by atoms with Gasteiger partial charge in [0.2, 0.25) is 5.16 Å². The number of aromatic nitrogens is 3. The van der Waals surface area contributed by atoms with Gasteiger partial charge in [0.05, 0.1) is 6.54 Å². The minimum absolute atomic E-state index is 0.0162. The molecule has 0 saturated heterocycles. The average molecular weight is 254 g/mol. The number of aromatic amines is 1. The Morgan fingerprint density at radius 2 is 2.19 bits per heavy atom. The summed E-state index contributed by atoms with van der Waals surface area (Å²) in [5.41, 5.74) is 0. The Morgan fingerprint density at radius 1 is 1.50 bits per heavy atom. The van der Waals surface area contributed by atoms with Crippen molar-refractivity contribution in [2.75, 3.05) is 13.1 Å². The first-order valence-electron chi connectivity index (χ1n) is 4.70. The number of thioether (sulfide) groups is 1. The third-order valence-electron chi connectivity index (χ3n) is 1.64. The van der Waals surface area contributed by atoms with Crippen molar-refractivity contribution in [1.82, 2.24) is 20.5 Å². The molecule has 1 aromatic rings. The maximum atomic E-state index is 11.8. The minimum Gasteiger partial charge on any atom is -0.308 e. The number of rotatable bonds is 5. The van der Waals surface area contributed by atoms with Gasteiger partial charge < -0.3 is 5.32 Å². The van der Waals surface area contributed by atoms with Crippen molar-refractivity contribution in [3.05, 3.63) is 5.82 Å². The predicted octanol–water partition coefficient (Wildman–Crippen LogP) is 1.75. The van der Waals surface area contributed by atoms with Gasteiger partial charge in [-0.3, -0.25) is 5.10 Å². The topological polar surface area (TPSA) is 53.6 Å². The second kappa shape index (κ2) is 5.53. The lowest BCUT2D eigenvalue weighted by molar-refractivity contribution is -0.124. The van der Waals surface area contributed by atoms with E-state index in [-0.39, 0.29) is 11.8 Å². The fraction of sp³-hybridized carbons (Fsp3) is 0.750. The van der Waals surface area contributed by atoms with Crippen LogP contribution < -0.4 is 5.32 Å². The molecule has 0 spiro atoms. The molecule has 1 heterocycles. The van der Waals surface area contributed by atoms with Crippen LogP contribution in [0.1, 0.15) is 12.7 Å². The zero-order valence-corrected chi connectivity index (χ0v) is 9.74. The van der Waals surface area contributed by atoms with E-state index < -0.39 is 12.7 Å². The molecule has 0 radical (unpaired) electrons. The Hall–Kier alpha value is -0.760. The van der Waals surface area contributed by atoms with Crippen LogP contribution in [0, 0.1) is 6.92 Å². The van der Waals surface area contributed by atoms with E-state index in [1.807, 2.05) is 6.92 Å². The van der Waals surface area contributed by atoms with Crippen LogP contribution in [0.3, 0.4) is 0 Å². The summed E-state index contributed by atoms with van der Waals surface area (Å²) >= 11 is 1.33. The summed E-state index contributed by atoms with van der Waals surface area (Å²) in [6, 6.07) is 0. The molecule has 0 bridgehead atoms. The minimum atomic E-state index is -4.16. The van der Waals surface area contributed by atoms with Crippen molar-refractivity contribution < 1.29 is 13.2 Å². The Bertz CT molecular complexity index is 325. The second-order valence-electron chi connectivity index (χ2n) is 3.38. The van der Waals surface area contributed by atoms with Crippen molar-refractivity contribution in [3.8, 4) is 0 Å². The average Bonchev–Trinajstić information content (AvgIpc) is 2.48. The highest BCUT2D eigenvalue weighted by Gasteiger charge is 2.26. The number of alkyl halides is 3. The number of hydrogen-bond acceptors (Lipinski definition) is 4. The summed E-state index contributed by atoms with van der Waals surface area (Å²) < 4.78 is 35.5. The SMILES string of the molecule is Cc1nc(SC(C)CNCC(F)(F)F)n[nH]1. The largest absolute Gasteiger partial charge is 0.401 e. The molecule has 1 rings (SSSR count). The van der Waals surface area contributed by atoms with E-state index >= 15 is 0 Å². The van der Waals surface area contributed by atoms with Crippen molar-refractivity contribution in [3.63, 3.8) is 0 Å². The van der Waals surface area contributed by atoms with Crippen LogP contribution >= 0.6 is 11.8 Å². The summed E-state index contributed by atoms with van der Waals surface area (Å²) in [6.45, 7) is 2.88. The summed E-state index contributed by atoms with van der Waals surface area (Å²) in [6.07, 6.45) is -4.16. The van der Waals surface area contributed by atoms with Crippen LogP contribution in [0.15, 0.2) is 5.16 Å². The third-order valence-corrected chi connectivity index (χ3v) is 2.60. The summed E-state index contributed by atoms with van der Waals surface area (Å²) in [4.78, 5) is 4.05. The molecule has 0 aromatic carbocycles. The van der Waals surface area contributed by atoms with Gasteiger partial charge in [-0.1, -0.05) is 18.7 Å². The molecule has 92 valence electrons. The fourth-order valence-electron chi connectivity index (χ4n) is 1.01. The van der Waals surface area contributed by atoms with Gasteiger partial charge in [0.1, 0.15) is 5.82 Å². The van der Waals surface area contributed by atoms with Crippen LogP contribution in [-0.4, -0.2) is 39.7 Å². The standard InChI is InChI=1S/C8H13F3N4S/c1-5(3-12-4-8(9,10)11)16-7-13-6(2)14-15-7/h5,12H,3-4H2,1-2H3,(H,13,14,15). The number of H-pyrrole nitrogens is 1. The molecule has 0 amide bonds. The van der Waals surface area contributed by atoms with Gasteiger partial charge in [0.25, 0.3) is 0 Å². The summed E-state index contributed by atoms with van der Waals surface area (Å²) in [5.74, 6) is 0.693. The molecule has 16 heavy (non-hydrogen) atoms. The molecule has 0 aliphatic carbocycles. The number of halogens is 3. The Labute approximate surface area is 95.4 Å². The molecule has 0 fully saturated rings. The van der Waals surface area contributed by atoms with Crippen LogP contribution in [0.2, 0.25) is 0 Å². The van der Waals surface area contributed by atoms with E-state index in [0.717, 1.165) is 0 Å². The molecule has 0 aliphatic heterocycles. The number of aryl methyl sites for hydroxylation is 1. The van der Waals surface area contributed by atoms with Gasteiger partial charge >= 0.3 is 6.18 Å². The van der Waals surface area contributed by atoms with Crippen molar-refractivity contribution in [2.45, 2.75) is 30.4 Å². The molecular weight excluding hydrogens is 241 g/mol. The van der Waals surface area contributed by atoms with Gasteiger partial charge in [-0.2, -0.15) is 13.2 Å². The van der Waals surface area contributed by atoms with Crippen molar-refractivity contribution in [1.29, 1.82) is 0 Å². The Balaban J connectivity index is 2.23.